The molecule has 1 N–H and O–H groups in total. The second kappa shape index (κ2) is 3.84. The van der Waals surface area contributed by atoms with Crippen LogP contribution in [0, 0.1) is 13.8 Å². The zero-order valence-corrected chi connectivity index (χ0v) is 7.44. The molecule has 70 valence electrons. The van der Waals surface area contributed by atoms with Crippen LogP contribution in [0.2, 0.25) is 0 Å². The van der Waals surface area contributed by atoms with Gasteiger partial charge in [-0.2, -0.15) is 0 Å². The molecule has 1 rings (SSSR count). The highest BCUT2D eigenvalue weighted by molar-refractivity contribution is 5.68. The molecule has 1 aromatic rings. The van der Waals surface area contributed by atoms with E-state index in [0.29, 0.717) is 17.1 Å². The highest BCUT2D eigenvalue weighted by atomic mass is 16.5. The van der Waals surface area contributed by atoms with Crippen molar-refractivity contribution in [2.75, 3.05) is 6.61 Å². The van der Waals surface area contributed by atoms with Gasteiger partial charge in [-0.1, -0.05) is 0 Å². The fraction of sp³-hybridized carbons (Fsp3) is 0.375. The van der Waals surface area contributed by atoms with Gasteiger partial charge in [-0.3, -0.25) is 0 Å². The molecule has 5 heteroatoms. The van der Waals surface area contributed by atoms with E-state index in [1.165, 1.54) is 6.33 Å². The molecule has 0 fully saturated rings. The van der Waals surface area contributed by atoms with E-state index in [0.717, 1.165) is 0 Å². The smallest absolute Gasteiger partial charge is 0.341 e. The van der Waals surface area contributed by atoms with Crippen LogP contribution in [0.25, 0.3) is 0 Å². The Kier molecular flexibility index (Phi) is 2.79. The van der Waals surface area contributed by atoms with Crippen molar-refractivity contribution < 1.29 is 14.6 Å². The Morgan fingerprint density at radius 1 is 1.46 bits per heavy atom. The van der Waals surface area contributed by atoms with E-state index in [4.69, 9.17) is 9.84 Å². The molecular weight excluding hydrogens is 172 g/mol. The summed E-state index contributed by atoms with van der Waals surface area (Å²) in [6, 6.07) is 0. The summed E-state index contributed by atoms with van der Waals surface area (Å²) in [5, 5.41) is 8.39. The van der Waals surface area contributed by atoms with E-state index in [-0.39, 0.29) is 6.61 Å². The van der Waals surface area contributed by atoms with Crippen LogP contribution in [0.1, 0.15) is 11.4 Å². The quantitative estimate of drug-likeness (QED) is 0.739. The van der Waals surface area contributed by atoms with Gasteiger partial charge >= 0.3 is 5.97 Å². The molecule has 1 heterocycles. The molecule has 0 atom stereocenters. The molecule has 0 unspecified atom stereocenters. The zero-order chi connectivity index (χ0) is 9.84. The lowest BCUT2D eigenvalue weighted by Crippen LogP contribution is -2.11. The predicted octanol–water partition coefficient (Wildman–Crippen LogP) is 0.557. The van der Waals surface area contributed by atoms with Crippen LogP contribution in [0.5, 0.6) is 5.75 Å². The molecular formula is C8H10N2O3. The molecule has 0 aliphatic heterocycles. The van der Waals surface area contributed by atoms with E-state index in [9.17, 15) is 4.79 Å². The van der Waals surface area contributed by atoms with Gasteiger partial charge in [-0.05, 0) is 13.8 Å². The lowest BCUT2D eigenvalue weighted by molar-refractivity contribution is -0.139. The molecule has 0 aliphatic carbocycles. The third-order valence-electron chi connectivity index (χ3n) is 1.50. The summed E-state index contributed by atoms with van der Waals surface area (Å²) < 4.78 is 5.00. The van der Waals surface area contributed by atoms with Crippen LogP contribution in [0.3, 0.4) is 0 Å². The fourth-order valence-corrected chi connectivity index (χ4v) is 0.924. The topological polar surface area (TPSA) is 72.3 Å². The van der Waals surface area contributed by atoms with Gasteiger partial charge in [0.15, 0.2) is 12.4 Å². The molecule has 0 spiro atoms. The van der Waals surface area contributed by atoms with Crippen molar-refractivity contribution in [1.82, 2.24) is 9.97 Å². The number of aromatic nitrogens is 2. The van der Waals surface area contributed by atoms with Crippen molar-refractivity contribution in [2.24, 2.45) is 0 Å². The van der Waals surface area contributed by atoms with E-state index in [1.807, 2.05) is 0 Å². The van der Waals surface area contributed by atoms with Gasteiger partial charge in [0.25, 0.3) is 0 Å². The first-order valence-electron chi connectivity index (χ1n) is 3.74. The average molecular weight is 182 g/mol. The minimum atomic E-state index is -1.01. The van der Waals surface area contributed by atoms with Gasteiger partial charge in [0, 0.05) is 0 Å². The van der Waals surface area contributed by atoms with Gasteiger partial charge in [0.05, 0.1) is 11.4 Å². The Bertz CT molecular complexity index is 305. The number of hydrogen-bond acceptors (Lipinski definition) is 4. The molecule has 0 bridgehead atoms. The minimum absolute atomic E-state index is 0.366. The van der Waals surface area contributed by atoms with Crippen LogP contribution in [0.4, 0.5) is 0 Å². The number of nitrogens with zero attached hydrogens (tertiary/aromatic N) is 2. The van der Waals surface area contributed by atoms with Crippen LogP contribution < -0.4 is 4.74 Å². The lowest BCUT2D eigenvalue weighted by atomic mass is 10.3. The second-order valence-electron chi connectivity index (χ2n) is 2.56. The molecule has 5 nitrogen and oxygen atoms in total. The Morgan fingerprint density at radius 2 is 2.00 bits per heavy atom. The van der Waals surface area contributed by atoms with Crippen LogP contribution in [0.15, 0.2) is 6.33 Å². The molecule has 1 aromatic heterocycles. The molecule has 13 heavy (non-hydrogen) atoms. The number of hydrogen-bond donors (Lipinski definition) is 1. The Balaban J connectivity index is 2.81. The molecule has 0 aromatic carbocycles. The third-order valence-corrected chi connectivity index (χ3v) is 1.50. The van der Waals surface area contributed by atoms with Gasteiger partial charge in [0.1, 0.15) is 6.33 Å². The van der Waals surface area contributed by atoms with Crippen molar-refractivity contribution >= 4 is 5.97 Å². The van der Waals surface area contributed by atoms with E-state index in [2.05, 4.69) is 9.97 Å². The highest BCUT2D eigenvalue weighted by Crippen LogP contribution is 2.17. The van der Waals surface area contributed by atoms with Gasteiger partial charge in [0.2, 0.25) is 0 Å². The zero-order valence-electron chi connectivity index (χ0n) is 7.44. The maximum Gasteiger partial charge on any atom is 0.341 e. The van der Waals surface area contributed by atoms with E-state index in [1.54, 1.807) is 13.8 Å². The Labute approximate surface area is 75.4 Å². The molecule has 0 saturated carbocycles. The van der Waals surface area contributed by atoms with Crippen molar-refractivity contribution in [2.45, 2.75) is 13.8 Å². The molecule has 0 amide bonds. The maximum absolute atomic E-state index is 10.2. The van der Waals surface area contributed by atoms with Crippen molar-refractivity contribution in [3.8, 4) is 5.75 Å². The van der Waals surface area contributed by atoms with Crippen LogP contribution in [-0.2, 0) is 4.79 Å². The molecule has 0 saturated heterocycles. The van der Waals surface area contributed by atoms with Crippen LogP contribution in [-0.4, -0.2) is 27.7 Å². The van der Waals surface area contributed by atoms with Crippen LogP contribution >= 0.6 is 0 Å². The second-order valence-corrected chi connectivity index (χ2v) is 2.56. The van der Waals surface area contributed by atoms with E-state index < -0.39 is 5.97 Å². The Morgan fingerprint density at radius 3 is 2.46 bits per heavy atom. The summed E-state index contributed by atoms with van der Waals surface area (Å²) in [6.07, 6.45) is 1.41. The number of ether oxygens (including phenoxy) is 1. The fourth-order valence-electron chi connectivity index (χ4n) is 0.924. The first-order valence-corrected chi connectivity index (χ1v) is 3.74. The van der Waals surface area contributed by atoms with Crippen molar-refractivity contribution in [1.29, 1.82) is 0 Å². The highest BCUT2D eigenvalue weighted by Gasteiger charge is 2.07. The Hall–Kier alpha value is -1.65. The maximum atomic E-state index is 10.2. The number of carbonyl (C=O) groups is 1. The first kappa shape index (κ1) is 9.44. The number of aryl methyl sites for hydroxylation is 2. The van der Waals surface area contributed by atoms with Gasteiger partial charge in [-0.15, -0.1) is 0 Å². The predicted molar refractivity (Wildman–Crippen MR) is 44.6 cm³/mol. The number of carboxylic acid groups (broad SMARTS) is 1. The first-order chi connectivity index (χ1) is 6.11. The minimum Gasteiger partial charge on any atom is -0.479 e. The molecule has 0 radical (unpaired) electrons. The van der Waals surface area contributed by atoms with Crippen molar-refractivity contribution in [3.63, 3.8) is 0 Å². The van der Waals surface area contributed by atoms with E-state index >= 15 is 0 Å². The lowest BCUT2D eigenvalue weighted by Gasteiger charge is -2.07. The van der Waals surface area contributed by atoms with Gasteiger partial charge < -0.3 is 9.84 Å². The summed E-state index contributed by atoms with van der Waals surface area (Å²) in [5.41, 5.74) is 1.29. The summed E-state index contributed by atoms with van der Waals surface area (Å²) in [7, 11) is 0. The molecule has 0 aliphatic rings. The SMILES string of the molecule is Cc1ncnc(C)c1OCC(=O)O. The summed E-state index contributed by atoms with van der Waals surface area (Å²) in [6.45, 7) is 3.12. The summed E-state index contributed by atoms with van der Waals surface area (Å²) in [4.78, 5) is 18.0. The monoisotopic (exact) mass is 182 g/mol. The third kappa shape index (κ3) is 2.40. The largest absolute Gasteiger partial charge is 0.479 e. The normalized spacial score (nSPS) is 9.69. The number of rotatable bonds is 3. The van der Waals surface area contributed by atoms with Crippen molar-refractivity contribution in [3.05, 3.63) is 17.7 Å². The number of aliphatic carboxylic acids is 1. The number of carboxylic acids is 1. The summed E-state index contributed by atoms with van der Waals surface area (Å²) >= 11 is 0. The standard InChI is InChI=1S/C8H10N2O3/c1-5-8(13-3-7(11)12)6(2)10-4-9-5/h4H,3H2,1-2H3,(H,11,12). The van der Waals surface area contributed by atoms with Gasteiger partial charge in [-0.25, -0.2) is 14.8 Å². The summed E-state index contributed by atoms with van der Waals surface area (Å²) in [5.74, 6) is -0.562. The average Bonchev–Trinajstić information content (AvgIpc) is 2.03.